The van der Waals surface area contributed by atoms with Crippen molar-refractivity contribution in [2.75, 3.05) is 13.1 Å². The Hall–Kier alpha value is -2.76. The van der Waals surface area contributed by atoms with E-state index in [1.54, 1.807) is 18.2 Å². The smallest absolute Gasteiger partial charge is 0.335 e. The third kappa shape index (κ3) is 8.61. The summed E-state index contributed by atoms with van der Waals surface area (Å²) in [5.74, 6) is -0.744. The van der Waals surface area contributed by atoms with E-state index in [1.165, 1.54) is 28.7 Å². The topological polar surface area (TPSA) is 69.6 Å². The van der Waals surface area contributed by atoms with Crippen LogP contribution in [-0.2, 0) is 25.9 Å². The number of carboxylic acids is 1. The van der Waals surface area contributed by atoms with E-state index < -0.39 is 5.97 Å². The highest BCUT2D eigenvalue weighted by atomic mass is 127. The van der Waals surface area contributed by atoms with Crippen LogP contribution in [0, 0.1) is 7.14 Å². The van der Waals surface area contributed by atoms with Gasteiger partial charge in [-0.2, -0.15) is 0 Å². The van der Waals surface area contributed by atoms with Gasteiger partial charge in [0.05, 0.1) is 5.56 Å². The van der Waals surface area contributed by atoms with Gasteiger partial charge in [-0.15, -0.1) is 0 Å². The number of fused-ring (bicyclic) bond motifs is 2. The van der Waals surface area contributed by atoms with Gasteiger partial charge in [-0.25, -0.2) is 4.79 Å². The molecule has 0 bridgehead atoms. The van der Waals surface area contributed by atoms with Gasteiger partial charge in [0.25, 0.3) is 5.91 Å². The lowest BCUT2D eigenvalue weighted by molar-refractivity contribution is 0.0695. The molecular weight excluding hydrogens is 714 g/mol. The molecule has 2 aliphatic heterocycles. The second kappa shape index (κ2) is 14.6. The van der Waals surface area contributed by atoms with Gasteiger partial charge in [0.2, 0.25) is 0 Å². The van der Waals surface area contributed by atoms with Crippen LogP contribution in [0.25, 0.3) is 0 Å². The molecule has 200 valence electrons. The molecule has 2 N–H and O–H groups in total. The summed E-state index contributed by atoms with van der Waals surface area (Å²) < 4.78 is 2.04. The Kier molecular flexibility index (Phi) is 10.9. The Morgan fingerprint density at radius 3 is 1.85 bits per heavy atom. The van der Waals surface area contributed by atoms with Crippen LogP contribution >= 0.6 is 45.2 Å². The fourth-order valence-electron chi connectivity index (χ4n) is 4.51. The lowest BCUT2D eigenvalue weighted by Crippen LogP contribution is -2.35. The van der Waals surface area contributed by atoms with Crippen LogP contribution in [0.1, 0.15) is 43.0 Å². The van der Waals surface area contributed by atoms with Gasteiger partial charge in [-0.05, 0) is 123 Å². The quantitative estimate of drug-likeness (QED) is 0.222. The number of rotatable bonds is 2. The Balaban J connectivity index is 0.000000149. The molecule has 5 nitrogen and oxygen atoms in total. The van der Waals surface area contributed by atoms with Crippen LogP contribution in [0.4, 0.5) is 0 Å². The minimum Gasteiger partial charge on any atom is -0.478 e. The number of carboxylic acid groups (broad SMARTS) is 1. The van der Waals surface area contributed by atoms with Crippen LogP contribution in [0.5, 0.6) is 0 Å². The van der Waals surface area contributed by atoms with Gasteiger partial charge in [0, 0.05) is 32.3 Å². The Morgan fingerprint density at radius 1 is 0.692 bits per heavy atom. The largest absolute Gasteiger partial charge is 0.478 e. The Morgan fingerprint density at radius 2 is 1.26 bits per heavy atom. The Bertz CT molecular complexity index is 1420. The van der Waals surface area contributed by atoms with E-state index in [0.29, 0.717) is 5.56 Å². The van der Waals surface area contributed by atoms with E-state index in [9.17, 15) is 9.59 Å². The van der Waals surface area contributed by atoms with E-state index in [1.807, 2.05) is 41.3 Å². The highest BCUT2D eigenvalue weighted by Gasteiger charge is 2.21. The molecule has 0 unspecified atom stereocenters. The first-order chi connectivity index (χ1) is 18.9. The van der Waals surface area contributed by atoms with Gasteiger partial charge in [-0.1, -0.05) is 60.7 Å². The highest BCUT2D eigenvalue weighted by Crippen LogP contribution is 2.21. The van der Waals surface area contributed by atoms with Crippen LogP contribution in [0.3, 0.4) is 0 Å². The molecule has 0 atom stereocenters. The monoisotopic (exact) mass is 744 g/mol. The molecule has 2 heterocycles. The van der Waals surface area contributed by atoms with E-state index in [2.05, 4.69) is 93.0 Å². The molecule has 4 aromatic carbocycles. The molecule has 6 rings (SSSR count). The van der Waals surface area contributed by atoms with Gasteiger partial charge in [-0.3, -0.25) is 4.79 Å². The average molecular weight is 744 g/mol. The predicted octanol–water partition coefficient (Wildman–Crippen LogP) is 6.81. The van der Waals surface area contributed by atoms with Crippen molar-refractivity contribution in [1.82, 2.24) is 10.2 Å². The normalized spacial score (nSPS) is 13.4. The molecule has 0 saturated carbocycles. The summed E-state index contributed by atoms with van der Waals surface area (Å²) in [6.45, 7) is 3.72. The summed E-state index contributed by atoms with van der Waals surface area (Å²) in [5, 5.41) is 11.8. The number of hydrogen-bond donors (Lipinski definition) is 2. The second-order valence-corrected chi connectivity index (χ2v) is 11.8. The molecule has 2 aliphatic rings. The van der Waals surface area contributed by atoms with E-state index in [4.69, 9.17) is 5.11 Å². The minimum absolute atomic E-state index is 0.132. The van der Waals surface area contributed by atoms with Gasteiger partial charge < -0.3 is 15.3 Å². The van der Waals surface area contributed by atoms with Crippen LogP contribution in [0.2, 0.25) is 0 Å². The van der Waals surface area contributed by atoms with E-state index in [-0.39, 0.29) is 5.91 Å². The van der Waals surface area contributed by atoms with Crippen molar-refractivity contribution in [2.45, 2.75) is 25.9 Å². The van der Waals surface area contributed by atoms with Crippen LogP contribution in [0.15, 0.2) is 97.1 Å². The minimum atomic E-state index is -0.876. The molecule has 39 heavy (non-hydrogen) atoms. The molecule has 0 aromatic heterocycles. The number of hydrogen-bond acceptors (Lipinski definition) is 3. The summed E-state index contributed by atoms with van der Waals surface area (Å²) in [6.07, 6.45) is 2.14. The average Bonchev–Trinajstić information content (AvgIpc) is 2.97. The van der Waals surface area contributed by atoms with E-state index >= 15 is 0 Å². The molecular formula is C32H30I2N2O3. The number of carbonyl (C=O) groups excluding carboxylic acids is 1. The summed E-state index contributed by atoms with van der Waals surface area (Å²) in [7, 11) is 0. The van der Waals surface area contributed by atoms with Crippen molar-refractivity contribution in [2.24, 2.45) is 0 Å². The van der Waals surface area contributed by atoms with Crippen molar-refractivity contribution in [3.63, 3.8) is 0 Å². The maximum atomic E-state index is 12.5. The SMILES string of the molecule is O=C(O)c1cccc(I)c1.O=C(c1cccc(I)c1)N1CCc2ccccc2C1.c1ccc2c(c1)CCNC2. The predicted molar refractivity (Wildman–Crippen MR) is 172 cm³/mol. The first-order valence-corrected chi connectivity index (χ1v) is 14.9. The zero-order chi connectivity index (χ0) is 27.6. The fraction of sp³-hybridized carbons (Fsp3) is 0.188. The Labute approximate surface area is 256 Å². The number of benzene rings is 4. The molecule has 0 radical (unpaired) electrons. The van der Waals surface area contributed by atoms with E-state index in [0.717, 1.165) is 45.3 Å². The molecule has 7 heteroatoms. The standard InChI is InChI=1S/C16H14INO.C9H11N.C7H5IO2/c17-15-7-3-6-13(10-15)16(19)18-9-8-12-4-1-2-5-14(12)11-18;1-2-4-9-7-10-6-5-8(9)3-1;8-6-3-1-2-5(4-6)7(9)10/h1-7,10H,8-9,11H2;1-4,10H,5-7H2;1-4H,(H,9,10). The van der Waals surface area contributed by atoms with Crippen molar-refractivity contribution in [1.29, 1.82) is 0 Å². The molecule has 0 fully saturated rings. The zero-order valence-electron chi connectivity index (χ0n) is 21.4. The van der Waals surface area contributed by atoms with Crippen LogP contribution in [-0.4, -0.2) is 35.0 Å². The van der Waals surface area contributed by atoms with Gasteiger partial charge in [0.15, 0.2) is 0 Å². The highest BCUT2D eigenvalue weighted by molar-refractivity contribution is 14.1. The molecule has 0 spiro atoms. The third-order valence-corrected chi connectivity index (χ3v) is 7.91. The third-order valence-electron chi connectivity index (χ3n) is 6.57. The lowest BCUT2D eigenvalue weighted by Gasteiger charge is -2.29. The molecule has 0 aliphatic carbocycles. The van der Waals surface area contributed by atoms with Crippen molar-refractivity contribution < 1.29 is 14.7 Å². The first-order valence-electron chi connectivity index (χ1n) is 12.8. The molecule has 1 amide bonds. The molecule has 4 aromatic rings. The summed E-state index contributed by atoms with van der Waals surface area (Å²) in [5.41, 5.74) is 6.75. The summed E-state index contributed by atoms with van der Waals surface area (Å²) >= 11 is 4.31. The number of halogens is 2. The zero-order valence-corrected chi connectivity index (χ0v) is 25.8. The number of carbonyl (C=O) groups is 2. The maximum Gasteiger partial charge on any atom is 0.335 e. The van der Waals surface area contributed by atoms with Gasteiger partial charge in [0.1, 0.15) is 0 Å². The second-order valence-electron chi connectivity index (χ2n) is 9.27. The fourth-order valence-corrected chi connectivity index (χ4v) is 5.60. The number of nitrogens with one attached hydrogen (secondary N) is 1. The molecule has 0 saturated heterocycles. The number of nitrogens with zero attached hydrogens (tertiary/aromatic N) is 1. The summed E-state index contributed by atoms with van der Waals surface area (Å²) in [4.78, 5) is 24.8. The van der Waals surface area contributed by atoms with Crippen molar-refractivity contribution in [3.8, 4) is 0 Å². The number of aromatic carboxylic acids is 1. The van der Waals surface area contributed by atoms with Crippen molar-refractivity contribution >= 4 is 57.1 Å². The van der Waals surface area contributed by atoms with Crippen LogP contribution < -0.4 is 5.32 Å². The van der Waals surface area contributed by atoms with Gasteiger partial charge >= 0.3 is 5.97 Å². The number of amides is 1. The maximum absolute atomic E-state index is 12.5. The first kappa shape index (κ1) is 29.2. The lowest BCUT2D eigenvalue weighted by atomic mass is 9.99. The van der Waals surface area contributed by atoms with Crippen molar-refractivity contribution in [3.05, 3.63) is 138 Å². The summed E-state index contributed by atoms with van der Waals surface area (Å²) in [6, 6.07) is 31.6.